The van der Waals surface area contributed by atoms with Gasteiger partial charge in [-0.05, 0) is 50.4 Å². The number of carbonyl (C=O) groups is 4. The summed E-state index contributed by atoms with van der Waals surface area (Å²) in [5.74, 6) is -6.37. The quantitative estimate of drug-likeness (QED) is 0.189. The van der Waals surface area contributed by atoms with Crippen LogP contribution in [-0.2, 0) is 23.9 Å². The van der Waals surface area contributed by atoms with Crippen LogP contribution in [0.5, 0.6) is 0 Å². The molecule has 0 unspecified atom stereocenters. The van der Waals surface area contributed by atoms with Crippen molar-refractivity contribution in [3.05, 3.63) is 59.4 Å². The lowest BCUT2D eigenvalue weighted by Crippen LogP contribution is -2.44. The topological polar surface area (TPSA) is 138 Å². The Kier molecular flexibility index (Phi) is 9.25. The lowest BCUT2D eigenvalue weighted by molar-refractivity contribution is -0.154. The number of thioether (sulfide) groups is 1. The Labute approximate surface area is 238 Å². The molecule has 1 spiro atoms. The Bertz CT molecular complexity index is 1210. The molecule has 2 bridgehead atoms. The van der Waals surface area contributed by atoms with Crippen molar-refractivity contribution in [2.75, 3.05) is 5.75 Å². The predicted molar refractivity (Wildman–Crippen MR) is 151 cm³/mol. The van der Waals surface area contributed by atoms with E-state index >= 15 is 0 Å². The van der Waals surface area contributed by atoms with Gasteiger partial charge in [0, 0.05) is 24.0 Å². The summed E-state index contributed by atoms with van der Waals surface area (Å²) in [4.78, 5) is 51.6. The van der Waals surface area contributed by atoms with Gasteiger partial charge in [0.05, 0.1) is 11.4 Å². The van der Waals surface area contributed by atoms with Crippen molar-refractivity contribution >= 4 is 35.3 Å². The van der Waals surface area contributed by atoms with Crippen LogP contribution >= 0.6 is 11.8 Å². The van der Waals surface area contributed by atoms with Crippen molar-refractivity contribution in [1.82, 2.24) is 0 Å². The van der Waals surface area contributed by atoms with Crippen LogP contribution in [0.4, 0.5) is 0 Å². The SMILES string of the molecule is CC1=C[C@H]2C/C=C/C=C/C[C@H](O)C/C=C/C[C@H](C)[C@@H]3[C@@H](C(=O)C(=O)O)SC[C@H]3C(=O)C3=C(O)[C@@]2(C[C@H]1C)OC3=O. The number of esters is 1. The van der Waals surface area contributed by atoms with Crippen molar-refractivity contribution in [2.24, 2.45) is 29.6 Å². The van der Waals surface area contributed by atoms with Crippen LogP contribution in [0.25, 0.3) is 0 Å². The van der Waals surface area contributed by atoms with E-state index in [4.69, 9.17) is 4.74 Å². The number of rotatable bonds is 2. The summed E-state index contributed by atoms with van der Waals surface area (Å²) in [5.41, 5.74) is -0.648. The highest BCUT2D eigenvalue weighted by Gasteiger charge is 2.58. The van der Waals surface area contributed by atoms with Gasteiger partial charge >= 0.3 is 11.9 Å². The lowest BCUT2D eigenvalue weighted by atomic mass is 9.69. The summed E-state index contributed by atoms with van der Waals surface area (Å²) in [6.45, 7) is 5.83. The van der Waals surface area contributed by atoms with E-state index in [1.807, 2.05) is 63.3 Å². The molecular weight excluding hydrogens is 532 g/mol. The Morgan fingerprint density at radius 2 is 1.68 bits per heavy atom. The number of aliphatic hydroxyl groups is 2. The van der Waals surface area contributed by atoms with Crippen LogP contribution in [-0.4, -0.2) is 61.5 Å². The normalized spacial score (nSPS) is 39.5. The minimum atomic E-state index is -1.56. The number of carbonyl (C=O) groups excluding carboxylic acids is 3. The number of aliphatic hydroxyl groups excluding tert-OH is 2. The number of aliphatic carboxylic acids is 1. The Morgan fingerprint density at radius 1 is 1.02 bits per heavy atom. The molecule has 4 rings (SSSR count). The highest BCUT2D eigenvalue weighted by molar-refractivity contribution is 8.01. The average molecular weight is 571 g/mol. The van der Waals surface area contributed by atoms with Gasteiger partial charge < -0.3 is 20.1 Å². The van der Waals surface area contributed by atoms with Gasteiger partial charge in [-0.2, -0.15) is 0 Å². The van der Waals surface area contributed by atoms with Crippen LogP contribution in [0.15, 0.2) is 59.4 Å². The number of carboxylic acid groups (broad SMARTS) is 1. The second kappa shape index (κ2) is 12.3. The fraction of sp³-hybridized carbons (Fsp3) is 0.548. The lowest BCUT2D eigenvalue weighted by Gasteiger charge is -2.40. The van der Waals surface area contributed by atoms with Crippen molar-refractivity contribution in [3.63, 3.8) is 0 Å². The maximum atomic E-state index is 14.0. The Hall–Kier alpha value is -2.91. The van der Waals surface area contributed by atoms with Crippen LogP contribution < -0.4 is 0 Å². The first kappa shape index (κ1) is 30.1. The minimum absolute atomic E-state index is 0.00628. The molecular formula is C31H38O8S. The predicted octanol–water partition coefficient (Wildman–Crippen LogP) is 4.51. The molecule has 2 aliphatic carbocycles. The maximum absolute atomic E-state index is 14.0. The third-order valence-corrected chi connectivity index (χ3v) is 10.2. The van der Waals surface area contributed by atoms with E-state index < -0.39 is 58.2 Å². The third-order valence-electron chi connectivity index (χ3n) is 8.81. The summed E-state index contributed by atoms with van der Waals surface area (Å²) in [6, 6.07) is 0. The summed E-state index contributed by atoms with van der Waals surface area (Å²) in [7, 11) is 0. The molecule has 0 radical (unpaired) electrons. The van der Waals surface area contributed by atoms with Crippen LogP contribution in [0, 0.1) is 29.6 Å². The van der Waals surface area contributed by atoms with Gasteiger partial charge in [-0.3, -0.25) is 9.59 Å². The first-order valence-electron chi connectivity index (χ1n) is 13.9. The first-order valence-corrected chi connectivity index (χ1v) is 15.0. The molecule has 8 nitrogen and oxygen atoms in total. The zero-order chi connectivity index (χ0) is 29.2. The molecule has 1 fully saturated rings. The minimum Gasteiger partial charge on any atom is -0.507 e. The van der Waals surface area contributed by atoms with Gasteiger partial charge in [0.15, 0.2) is 17.1 Å². The van der Waals surface area contributed by atoms with Gasteiger partial charge in [0.2, 0.25) is 0 Å². The van der Waals surface area contributed by atoms with Crippen LogP contribution in [0.1, 0.15) is 52.9 Å². The molecule has 8 atom stereocenters. The average Bonchev–Trinajstić information content (AvgIpc) is 3.44. The monoisotopic (exact) mass is 570 g/mol. The van der Waals surface area contributed by atoms with Gasteiger partial charge in [-0.15, -0.1) is 11.8 Å². The van der Waals surface area contributed by atoms with Gasteiger partial charge in [-0.25, -0.2) is 9.59 Å². The highest BCUT2D eigenvalue weighted by atomic mass is 32.2. The second-order valence-electron chi connectivity index (χ2n) is 11.5. The molecule has 0 aromatic heterocycles. The summed E-state index contributed by atoms with van der Waals surface area (Å²) in [5, 5.41) is 30.4. The largest absolute Gasteiger partial charge is 0.507 e. The summed E-state index contributed by atoms with van der Waals surface area (Å²) in [6.07, 6.45) is 14.8. The molecule has 216 valence electrons. The van der Waals surface area contributed by atoms with Crippen LogP contribution in [0.2, 0.25) is 0 Å². The Balaban J connectivity index is 1.79. The van der Waals surface area contributed by atoms with E-state index in [1.165, 1.54) is 0 Å². The molecule has 9 heteroatoms. The molecule has 0 saturated carbocycles. The first-order chi connectivity index (χ1) is 19.0. The number of fused-ring (bicyclic) bond motifs is 1. The number of ketones is 2. The standard InChI is InChI=1S/C31H38O8S/c1-17-10-8-9-13-21(32)12-7-5-4-6-11-20-14-18(2)19(3)15-31(20)28(35)24(30(38)39-31)25(33)22-16-40-27(23(17)22)26(34)29(36)37/h4-9,14,17,19-23,27,32,35H,10-13,15-16H2,1-3H3,(H,36,37)/b6-4+,7-5+,9-8+/t17-,19+,20+,21-,22+,23-,27-,31-/m0/s1. The Morgan fingerprint density at radius 3 is 2.38 bits per heavy atom. The van der Waals surface area contributed by atoms with Crippen LogP contribution in [0.3, 0.4) is 0 Å². The van der Waals surface area contributed by atoms with E-state index in [1.54, 1.807) is 0 Å². The zero-order valence-electron chi connectivity index (χ0n) is 23.1. The highest BCUT2D eigenvalue weighted by Crippen LogP contribution is 2.51. The molecule has 3 N–H and O–H groups in total. The molecule has 0 aromatic carbocycles. The molecule has 0 aromatic rings. The number of carboxylic acids is 1. The smallest absolute Gasteiger partial charge is 0.373 e. The number of hydrogen-bond acceptors (Lipinski definition) is 8. The molecule has 2 heterocycles. The fourth-order valence-electron chi connectivity index (χ4n) is 6.40. The molecule has 2 aliphatic heterocycles. The van der Waals surface area contributed by atoms with Crippen molar-refractivity contribution < 1.29 is 39.2 Å². The second-order valence-corrected chi connectivity index (χ2v) is 12.7. The maximum Gasteiger partial charge on any atom is 0.373 e. The number of allylic oxidation sites excluding steroid dienone is 5. The van der Waals surface area contributed by atoms with E-state index in [2.05, 4.69) is 0 Å². The van der Waals surface area contributed by atoms with Gasteiger partial charge in [0.1, 0.15) is 5.57 Å². The molecule has 4 aliphatic rings. The van der Waals surface area contributed by atoms with E-state index in [0.717, 1.165) is 17.3 Å². The van der Waals surface area contributed by atoms with E-state index in [9.17, 15) is 34.5 Å². The summed E-state index contributed by atoms with van der Waals surface area (Å²) < 4.78 is 5.91. The molecule has 1 saturated heterocycles. The van der Waals surface area contributed by atoms with Gasteiger partial charge in [0.25, 0.3) is 5.78 Å². The van der Waals surface area contributed by atoms with Crippen molar-refractivity contribution in [1.29, 1.82) is 0 Å². The molecule has 0 amide bonds. The van der Waals surface area contributed by atoms with E-state index in [-0.39, 0.29) is 28.9 Å². The number of hydrogen-bond donors (Lipinski definition) is 3. The fourth-order valence-corrected chi connectivity index (χ4v) is 8.12. The third kappa shape index (κ3) is 5.77. The zero-order valence-corrected chi connectivity index (χ0v) is 23.9. The van der Waals surface area contributed by atoms with Crippen molar-refractivity contribution in [3.8, 4) is 0 Å². The summed E-state index contributed by atoms with van der Waals surface area (Å²) >= 11 is 1.11. The van der Waals surface area contributed by atoms with Crippen molar-refractivity contribution in [2.45, 2.75) is 69.8 Å². The number of Topliss-reactive ketones (excluding diaryl/α,β-unsaturated/α-hetero) is 2. The number of ether oxygens (including phenoxy) is 1. The molecule has 40 heavy (non-hydrogen) atoms. The van der Waals surface area contributed by atoms with E-state index in [0.29, 0.717) is 32.1 Å². The van der Waals surface area contributed by atoms with Gasteiger partial charge in [-0.1, -0.05) is 62.0 Å².